The van der Waals surface area contributed by atoms with E-state index in [0.717, 1.165) is 36.3 Å². The third kappa shape index (κ3) is 3.43. The van der Waals surface area contributed by atoms with Crippen molar-refractivity contribution in [1.29, 1.82) is 0 Å². The van der Waals surface area contributed by atoms with Crippen LogP contribution in [0.4, 0.5) is 16.2 Å². The normalized spacial score (nSPS) is 13.3. The Morgan fingerprint density at radius 2 is 1.74 bits per heavy atom. The smallest absolute Gasteiger partial charge is 0.308 e. The molecule has 2 heterocycles. The van der Waals surface area contributed by atoms with Crippen LogP contribution in [0.5, 0.6) is 0 Å². The molecule has 1 aliphatic heterocycles. The van der Waals surface area contributed by atoms with Gasteiger partial charge in [0, 0.05) is 24.3 Å². The zero-order valence-corrected chi connectivity index (χ0v) is 15.5. The lowest BCUT2D eigenvalue weighted by Crippen LogP contribution is -2.28. The Kier molecular flexibility index (Phi) is 4.39. The first-order chi connectivity index (χ1) is 13.0. The first-order valence-electron chi connectivity index (χ1n) is 9.20. The molecule has 0 saturated heterocycles. The quantitative estimate of drug-likeness (QED) is 0.724. The maximum absolute atomic E-state index is 12.8. The number of rotatable bonds is 2. The van der Waals surface area contributed by atoms with Gasteiger partial charge in [-0.15, -0.1) is 0 Å². The summed E-state index contributed by atoms with van der Waals surface area (Å²) in [5.41, 5.74) is 4.22. The summed E-state index contributed by atoms with van der Waals surface area (Å²) in [6, 6.07) is 10.7. The molecule has 27 heavy (non-hydrogen) atoms. The molecular weight excluding hydrogens is 340 g/mol. The van der Waals surface area contributed by atoms with Crippen molar-refractivity contribution in [1.82, 2.24) is 9.55 Å². The van der Waals surface area contributed by atoms with Gasteiger partial charge in [0.25, 0.3) is 5.56 Å². The van der Waals surface area contributed by atoms with E-state index in [9.17, 15) is 9.59 Å². The standard InChI is InChI=1S/C21H22N4O2/c1-13-6-7-15(11-14(13)2)22-21(27)23-16-8-9-18-17(12-16)20(26)25-10-4-3-5-19(25)24-18/h6-9,11-12H,3-5,10H2,1-2H3,(H2,22,23,27). The van der Waals surface area contributed by atoms with Gasteiger partial charge in [-0.3, -0.25) is 9.36 Å². The van der Waals surface area contributed by atoms with Crippen LogP contribution in [0.1, 0.15) is 29.8 Å². The van der Waals surface area contributed by atoms with Gasteiger partial charge in [0.15, 0.2) is 0 Å². The predicted octanol–water partition coefficient (Wildman–Crippen LogP) is 3.99. The molecule has 4 rings (SSSR count). The van der Waals surface area contributed by atoms with Gasteiger partial charge in [-0.25, -0.2) is 9.78 Å². The number of aromatic nitrogens is 2. The summed E-state index contributed by atoms with van der Waals surface area (Å²) in [6.07, 6.45) is 2.90. The van der Waals surface area contributed by atoms with Crippen molar-refractivity contribution >= 4 is 28.3 Å². The van der Waals surface area contributed by atoms with Crippen molar-refractivity contribution in [3.05, 3.63) is 63.7 Å². The Morgan fingerprint density at radius 1 is 1.00 bits per heavy atom. The Labute approximate surface area is 157 Å². The molecule has 0 spiro atoms. The van der Waals surface area contributed by atoms with Crippen molar-refractivity contribution in [2.45, 2.75) is 39.7 Å². The van der Waals surface area contributed by atoms with E-state index in [4.69, 9.17) is 0 Å². The van der Waals surface area contributed by atoms with E-state index in [2.05, 4.69) is 15.6 Å². The van der Waals surface area contributed by atoms with Crippen molar-refractivity contribution in [3.63, 3.8) is 0 Å². The summed E-state index contributed by atoms with van der Waals surface area (Å²) in [4.78, 5) is 29.7. The van der Waals surface area contributed by atoms with Crippen molar-refractivity contribution in [2.75, 3.05) is 10.6 Å². The first-order valence-corrected chi connectivity index (χ1v) is 9.20. The van der Waals surface area contributed by atoms with Crippen molar-refractivity contribution in [2.24, 2.45) is 0 Å². The van der Waals surface area contributed by atoms with Gasteiger partial charge in [0.05, 0.1) is 10.9 Å². The summed E-state index contributed by atoms with van der Waals surface area (Å²) in [5.74, 6) is 0.854. The molecule has 0 bridgehead atoms. The summed E-state index contributed by atoms with van der Waals surface area (Å²) >= 11 is 0. The van der Waals surface area contributed by atoms with Crippen LogP contribution >= 0.6 is 0 Å². The van der Waals surface area contributed by atoms with Crippen molar-refractivity contribution in [3.8, 4) is 0 Å². The Morgan fingerprint density at radius 3 is 2.52 bits per heavy atom. The molecule has 1 aromatic heterocycles. The highest BCUT2D eigenvalue weighted by molar-refractivity contribution is 6.01. The van der Waals surface area contributed by atoms with Gasteiger partial charge in [-0.05, 0) is 68.1 Å². The van der Waals surface area contributed by atoms with Gasteiger partial charge in [0.2, 0.25) is 0 Å². The number of amides is 2. The van der Waals surface area contributed by atoms with Crippen LogP contribution in [-0.2, 0) is 13.0 Å². The minimum Gasteiger partial charge on any atom is -0.308 e. The fraction of sp³-hybridized carbons (Fsp3) is 0.286. The lowest BCUT2D eigenvalue weighted by atomic mass is 10.1. The van der Waals surface area contributed by atoms with Gasteiger partial charge in [-0.2, -0.15) is 0 Å². The zero-order chi connectivity index (χ0) is 19.0. The van der Waals surface area contributed by atoms with Gasteiger partial charge in [0.1, 0.15) is 5.82 Å². The molecule has 2 amide bonds. The molecule has 1 aliphatic rings. The zero-order valence-electron chi connectivity index (χ0n) is 15.5. The molecule has 6 nitrogen and oxygen atoms in total. The first kappa shape index (κ1) is 17.3. The average molecular weight is 362 g/mol. The second-order valence-electron chi connectivity index (χ2n) is 7.05. The molecule has 0 fully saturated rings. The minimum absolute atomic E-state index is 0.0343. The maximum Gasteiger partial charge on any atom is 0.323 e. The number of hydrogen-bond donors (Lipinski definition) is 2. The lowest BCUT2D eigenvalue weighted by molar-refractivity contribution is 0.262. The maximum atomic E-state index is 12.8. The van der Waals surface area contributed by atoms with Gasteiger partial charge in [-0.1, -0.05) is 6.07 Å². The molecule has 0 atom stereocenters. The minimum atomic E-state index is -0.344. The molecule has 0 saturated carbocycles. The Balaban J connectivity index is 1.58. The lowest BCUT2D eigenvalue weighted by Gasteiger charge is -2.18. The third-order valence-electron chi connectivity index (χ3n) is 5.09. The highest BCUT2D eigenvalue weighted by Gasteiger charge is 2.15. The number of carbonyl (C=O) groups excluding carboxylic acids is 1. The monoisotopic (exact) mass is 362 g/mol. The number of benzene rings is 2. The molecule has 2 N–H and O–H groups in total. The number of aryl methyl sites for hydroxylation is 3. The molecule has 0 unspecified atom stereocenters. The van der Waals surface area contributed by atoms with Crippen LogP contribution in [0.2, 0.25) is 0 Å². The molecular formula is C21H22N4O2. The SMILES string of the molecule is Cc1ccc(NC(=O)Nc2ccc3nc4n(c(=O)c3c2)CCCC4)cc1C. The molecule has 138 valence electrons. The molecule has 2 aromatic carbocycles. The van der Waals surface area contributed by atoms with E-state index in [0.29, 0.717) is 23.1 Å². The van der Waals surface area contributed by atoms with E-state index in [1.165, 1.54) is 5.56 Å². The number of nitrogens with zero attached hydrogens (tertiary/aromatic N) is 2. The highest BCUT2D eigenvalue weighted by atomic mass is 16.2. The summed E-state index contributed by atoms with van der Waals surface area (Å²) in [6.45, 7) is 4.74. The second kappa shape index (κ2) is 6.87. The molecule has 3 aromatic rings. The summed E-state index contributed by atoms with van der Waals surface area (Å²) < 4.78 is 1.75. The topological polar surface area (TPSA) is 76.0 Å². The van der Waals surface area contributed by atoms with Crippen LogP contribution in [0.25, 0.3) is 10.9 Å². The number of anilines is 2. The fourth-order valence-electron chi connectivity index (χ4n) is 3.43. The van der Waals surface area contributed by atoms with E-state index < -0.39 is 0 Å². The van der Waals surface area contributed by atoms with E-state index >= 15 is 0 Å². The van der Waals surface area contributed by atoms with Crippen molar-refractivity contribution < 1.29 is 4.79 Å². The van der Waals surface area contributed by atoms with E-state index in [1.54, 1.807) is 22.8 Å². The summed E-state index contributed by atoms with van der Waals surface area (Å²) in [7, 11) is 0. The molecule has 0 aliphatic carbocycles. The molecule has 6 heteroatoms. The second-order valence-corrected chi connectivity index (χ2v) is 7.05. The van der Waals surface area contributed by atoms with Crippen LogP contribution < -0.4 is 16.2 Å². The van der Waals surface area contributed by atoms with Gasteiger partial charge >= 0.3 is 6.03 Å². The van der Waals surface area contributed by atoms with Gasteiger partial charge < -0.3 is 10.6 Å². The van der Waals surface area contributed by atoms with Crippen LogP contribution in [0.3, 0.4) is 0 Å². The van der Waals surface area contributed by atoms with E-state index in [1.807, 2.05) is 32.0 Å². The van der Waals surface area contributed by atoms with E-state index in [-0.39, 0.29) is 11.6 Å². The third-order valence-corrected chi connectivity index (χ3v) is 5.09. The number of hydrogen-bond acceptors (Lipinski definition) is 3. The Bertz CT molecular complexity index is 1100. The number of urea groups is 1. The number of nitrogens with one attached hydrogen (secondary N) is 2. The number of fused-ring (bicyclic) bond motifs is 2. The number of carbonyl (C=O) groups is 1. The largest absolute Gasteiger partial charge is 0.323 e. The Hall–Kier alpha value is -3.15. The summed E-state index contributed by atoms with van der Waals surface area (Å²) in [5, 5.41) is 6.15. The average Bonchev–Trinajstić information content (AvgIpc) is 2.65. The fourth-order valence-corrected chi connectivity index (χ4v) is 3.43. The predicted molar refractivity (Wildman–Crippen MR) is 107 cm³/mol. The van der Waals surface area contributed by atoms with Crippen LogP contribution in [-0.4, -0.2) is 15.6 Å². The van der Waals surface area contributed by atoms with Crippen LogP contribution in [0, 0.1) is 13.8 Å². The highest BCUT2D eigenvalue weighted by Crippen LogP contribution is 2.19. The van der Waals surface area contributed by atoms with Crippen LogP contribution in [0.15, 0.2) is 41.2 Å². The molecule has 0 radical (unpaired) electrons.